The van der Waals surface area contributed by atoms with Gasteiger partial charge in [-0.2, -0.15) is 5.10 Å². The third-order valence-electron chi connectivity index (χ3n) is 5.44. The Kier molecular flexibility index (Phi) is 6.05. The molecule has 3 aromatic rings. The number of nitrogens with one attached hydrogen (secondary N) is 1. The van der Waals surface area contributed by atoms with Crippen LogP contribution in [0.2, 0.25) is 0 Å². The van der Waals surface area contributed by atoms with Crippen molar-refractivity contribution in [1.29, 1.82) is 0 Å². The fourth-order valence-electron chi connectivity index (χ4n) is 3.99. The molecular weight excluding hydrogens is 410 g/mol. The predicted molar refractivity (Wildman–Crippen MR) is 119 cm³/mol. The summed E-state index contributed by atoms with van der Waals surface area (Å²) in [5.41, 5.74) is 2.81. The van der Waals surface area contributed by atoms with Gasteiger partial charge in [0.1, 0.15) is 17.1 Å². The summed E-state index contributed by atoms with van der Waals surface area (Å²) in [5, 5.41) is 27.2. The molecule has 0 bridgehead atoms. The van der Waals surface area contributed by atoms with Gasteiger partial charge in [0, 0.05) is 17.7 Å². The Balaban J connectivity index is 1.82. The van der Waals surface area contributed by atoms with Gasteiger partial charge < -0.3 is 24.6 Å². The van der Waals surface area contributed by atoms with E-state index in [0.717, 1.165) is 5.56 Å². The van der Waals surface area contributed by atoms with Gasteiger partial charge in [0.25, 0.3) is 5.91 Å². The predicted octanol–water partition coefficient (Wildman–Crippen LogP) is 3.36. The Labute approximate surface area is 186 Å². The van der Waals surface area contributed by atoms with E-state index in [0.29, 0.717) is 46.5 Å². The van der Waals surface area contributed by atoms with Crippen LogP contribution >= 0.6 is 0 Å². The summed E-state index contributed by atoms with van der Waals surface area (Å²) in [4.78, 5) is 14.7. The first-order valence-electron chi connectivity index (χ1n) is 10.6. The van der Waals surface area contributed by atoms with E-state index in [1.807, 2.05) is 18.2 Å². The lowest BCUT2D eigenvalue weighted by molar-refractivity contribution is 0.0706. The number of rotatable bonds is 8. The Morgan fingerprint density at radius 2 is 1.97 bits per heavy atom. The average Bonchev–Trinajstić information content (AvgIpc) is 3.32. The minimum absolute atomic E-state index is 0.0728. The van der Waals surface area contributed by atoms with Gasteiger partial charge in [-0.15, -0.1) is 0 Å². The van der Waals surface area contributed by atoms with Crippen molar-refractivity contribution < 1.29 is 24.5 Å². The van der Waals surface area contributed by atoms with E-state index in [2.05, 4.69) is 24.0 Å². The molecule has 0 saturated heterocycles. The zero-order valence-corrected chi connectivity index (χ0v) is 18.3. The number of carbonyl (C=O) groups is 1. The highest BCUT2D eigenvalue weighted by Gasteiger charge is 2.42. The SMILES string of the molecule is COc1cc([C@H]2c3c(-c4ccccc4O)n[nH]c3C(=O)N2CCO)ccc1OCC(C)C. The molecule has 1 atom stereocenters. The fraction of sp³-hybridized carbons (Fsp3) is 0.333. The first-order chi connectivity index (χ1) is 15.5. The number of benzene rings is 2. The number of phenolic OH excluding ortho intramolecular Hbond substituents is 1. The average molecular weight is 437 g/mol. The van der Waals surface area contributed by atoms with Crippen molar-refractivity contribution in [2.75, 3.05) is 26.9 Å². The summed E-state index contributed by atoms with van der Waals surface area (Å²) in [5.74, 6) is 1.36. The summed E-state index contributed by atoms with van der Waals surface area (Å²) in [6.45, 7) is 4.66. The molecule has 8 nitrogen and oxygen atoms in total. The minimum atomic E-state index is -0.508. The Bertz CT molecular complexity index is 1120. The second-order valence-electron chi connectivity index (χ2n) is 8.12. The molecule has 8 heteroatoms. The number of aromatic nitrogens is 2. The summed E-state index contributed by atoms with van der Waals surface area (Å²) in [6.07, 6.45) is 0. The Morgan fingerprint density at radius 3 is 2.66 bits per heavy atom. The van der Waals surface area contributed by atoms with Gasteiger partial charge in [0.05, 0.1) is 26.4 Å². The molecule has 0 saturated carbocycles. The van der Waals surface area contributed by atoms with Gasteiger partial charge in [-0.05, 0) is 35.7 Å². The van der Waals surface area contributed by atoms with E-state index in [1.165, 1.54) is 0 Å². The quantitative estimate of drug-likeness (QED) is 0.499. The first-order valence-corrected chi connectivity index (χ1v) is 10.6. The first kappa shape index (κ1) is 21.7. The summed E-state index contributed by atoms with van der Waals surface area (Å²) in [6, 6.07) is 11.9. The van der Waals surface area contributed by atoms with Crippen molar-refractivity contribution in [3.05, 3.63) is 59.3 Å². The van der Waals surface area contributed by atoms with Crippen LogP contribution in [0.4, 0.5) is 0 Å². The molecule has 3 N–H and O–H groups in total. The standard InChI is InChI=1S/C24H27N3O5/c1-14(2)13-32-18-9-8-15(12-19(18)31-3)23-20-21(16-6-4-5-7-17(16)29)25-26-22(20)24(30)27(23)10-11-28/h4-9,12,14,23,28-29H,10-11,13H2,1-3H3,(H,25,26)/t23-/m0/s1. The zero-order valence-electron chi connectivity index (χ0n) is 18.3. The lowest BCUT2D eigenvalue weighted by Gasteiger charge is -2.26. The van der Waals surface area contributed by atoms with Crippen molar-refractivity contribution in [1.82, 2.24) is 15.1 Å². The molecule has 0 aliphatic carbocycles. The number of amides is 1. The van der Waals surface area contributed by atoms with Crippen molar-refractivity contribution in [2.45, 2.75) is 19.9 Å². The van der Waals surface area contributed by atoms with Gasteiger partial charge in [-0.25, -0.2) is 0 Å². The number of aromatic hydroxyl groups is 1. The topological polar surface area (TPSA) is 108 Å². The van der Waals surface area contributed by atoms with E-state index < -0.39 is 6.04 Å². The van der Waals surface area contributed by atoms with Crippen LogP contribution in [-0.2, 0) is 0 Å². The summed E-state index contributed by atoms with van der Waals surface area (Å²) in [7, 11) is 1.57. The third kappa shape index (κ3) is 3.78. The van der Waals surface area contributed by atoms with Crippen LogP contribution in [0.3, 0.4) is 0 Å². The minimum Gasteiger partial charge on any atom is -0.507 e. The van der Waals surface area contributed by atoms with Crippen LogP contribution < -0.4 is 9.47 Å². The molecule has 32 heavy (non-hydrogen) atoms. The van der Waals surface area contributed by atoms with Crippen molar-refractivity contribution >= 4 is 5.91 Å². The number of ether oxygens (including phenoxy) is 2. The molecule has 2 aromatic carbocycles. The number of hydrogen-bond acceptors (Lipinski definition) is 6. The molecule has 4 rings (SSSR count). The molecule has 0 fully saturated rings. The molecule has 1 aliphatic heterocycles. The number of methoxy groups -OCH3 is 1. The second-order valence-corrected chi connectivity index (χ2v) is 8.12. The van der Waals surface area contributed by atoms with Crippen LogP contribution in [0.5, 0.6) is 17.2 Å². The van der Waals surface area contributed by atoms with Gasteiger partial charge in [0.15, 0.2) is 11.5 Å². The lowest BCUT2D eigenvalue weighted by atomic mass is 9.95. The number of carbonyl (C=O) groups excluding carboxylic acids is 1. The van der Waals surface area contributed by atoms with E-state index >= 15 is 0 Å². The summed E-state index contributed by atoms with van der Waals surface area (Å²) < 4.78 is 11.4. The monoisotopic (exact) mass is 437 g/mol. The van der Waals surface area contributed by atoms with Gasteiger partial charge in [0.2, 0.25) is 0 Å². The molecule has 0 spiro atoms. The number of phenols is 1. The van der Waals surface area contributed by atoms with Gasteiger partial charge in [-0.1, -0.05) is 32.0 Å². The Hall–Kier alpha value is -3.52. The number of para-hydroxylation sites is 1. The normalized spacial score (nSPS) is 15.3. The van der Waals surface area contributed by atoms with Crippen LogP contribution in [-0.4, -0.2) is 58.1 Å². The van der Waals surface area contributed by atoms with Crippen LogP contribution in [0, 0.1) is 5.92 Å². The number of H-pyrrole nitrogens is 1. The smallest absolute Gasteiger partial charge is 0.273 e. The number of aliphatic hydroxyl groups is 1. The van der Waals surface area contributed by atoms with Gasteiger partial charge >= 0.3 is 0 Å². The second kappa shape index (κ2) is 8.92. The highest BCUT2D eigenvalue weighted by molar-refractivity contribution is 6.00. The van der Waals surface area contributed by atoms with Gasteiger partial charge in [-0.3, -0.25) is 9.89 Å². The van der Waals surface area contributed by atoms with Crippen molar-refractivity contribution in [3.8, 4) is 28.5 Å². The molecule has 0 radical (unpaired) electrons. The highest BCUT2D eigenvalue weighted by atomic mass is 16.5. The molecule has 2 heterocycles. The highest BCUT2D eigenvalue weighted by Crippen LogP contribution is 2.45. The van der Waals surface area contributed by atoms with Crippen molar-refractivity contribution in [2.24, 2.45) is 5.92 Å². The number of aliphatic hydroxyl groups excluding tert-OH is 1. The third-order valence-corrected chi connectivity index (χ3v) is 5.44. The number of aromatic amines is 1. The molecule has 1 amide bonds. The fourth-order valence-corrected chi connectivity index (χ4v) is 3.99. The van der Waals surface area contributed by atoms with Crippen LogP contribution in [0.1, 0.15) is 41.5 Å². The van der Waals surface area contributed by atoms with E-state index in [9.17, 15) is 15.0 Å². The number of fused-ring (bicyclic) bond motifs is 1. The van der Waals surface area contributed by atoms with Crippen molar-refractivity contribution in [3.63, 3.8) is 0 Å². The maximum Gasteiger partial charge on any atom is 0.273 e. The lowest BCUT2D eigenvalue weighted by Crippen LogP contribution is -2.32. The van der Waals surface area contributed by atoms with E-state index in [1.54, 1.807) is 36.3 Å². The van der Waals surface area contributed by atoms with Crippen LogP contribution in [0.25, 0.3) is 11.3 Å². The number of β-amino-alcohol motifs (C(OH)–C–C–N with tert-alkyl or cyclic N) is 1. The number of nitrogens with zero attached hydrogens (tertiary/aromatic N) is 2. The number of hydrogen-bond donors (Lipinski definition) is 3. The maximum absolute atomic E-state index is 13.1. The summed E-state index contributed by atoms with van der Waals surface area (Å²) >= 11 is 0. The largest absolute Gasteiger partial charge is 0.507 e. The van der Waals surface area contributed by atoms with E-state index in [4.69, 9.17) is 9.47 Å². The molecular formula is C24H27N3O5. The zero-order chi connectivity index (χ0) is 22.8. The molecule has 168 valence electrons. The van der Waals surface area contributed by atoms with E-state index in [-0.39, 0.29) is 24.8 Å². The maximum atomic E-state index is 13.1. The Morgan fingerprint density at radius 1 is 1.19 bits per heavy atom. The molecule has 0 unspecified atom stereocenters. The van der Waals surface area contributed by atoms with Crippen LogP contribution in [0.15, 0.2) is 42.5 Å². The molecule has 1 aromatic heterocycles. The molecule has 1 aliphatic rings.